The molecule has 0 aliphatic rings. The minimum atomic E-state index is -4.09. The van der Waals surface area contributed by atoms with Crippen molar-refractivity contribution in [2.24, 2.45) is 5.14 Å². The van der Waals surface area contributed by atoms with Crippen LogP contribution in [0.1, 0.15) is 16.1 Å². The van der Waals surface area contributed by atoms with Gasteiger partial charge in [-0.25, -0.2) is 18.4 Å². The van der Waals surface area contributed by atoms with E-state index in [2.05, 4.69) is 0 Å². The molecule has 10 heteroatoms. The smallest absolute Gasteiger partial charge is 0.338 e. The van der Waals surface area contributed by atoms with Crippen LogP contribution in [0.2, 0.25) is 5.02 Å². The van der Waals surface area contributed by atoms with Gasteiger partial charge in [-0.15, -0.1) is 0 Å². The minimum Gasteiger partial charge on any atom is -0.467 e. The average molecular weight is 387 g/mol. The lowest BCUT2D eigenvalue weighted by molar-refractivity contribution is -0.133. The Kier molecular flexibility index (Phi) is 5.83. The fourth-order valence-electron chi connectivity index (χ4n) is 1.89. The van der Waals surface area contributed by atoms with Crippen LogP contribution in [-0.2, 0) is 26.1 Å². The number of esters is 1. The maximum absolute atomic E-state index is 12.0. The molecule has 1 amide bonds. The van der Waals surface area contributed by atoms with Gasteiger partial charge in [0.15, 0.2) is 6.61 Å². The summed E-state index contributed by atoms with van der Waals surface area (Å²) in [5.41, 5.74) is -0.0880. The van der Waals surface area contributed by atoms with E-state index in [0.29, 0.717) is 5.76 Å². The molecule has 134 valence electrons. The Hall–Kier alpha value is -2.36. The molecule has 0 fully saturated rings. The second kappa shape index (κ2) is 7.68. The highest BCUT2D eigenvalue weighted by Crippen LogP contribution is 2.21. The normalized spacial score (nSPS) is 11.2. The predicted molar refractivity (Wildman–Crippen MR) is 88.3 cm³/mol. The Morgan fingerprint density at radius 2 is 2.04 bits per heavy atom. The molecular weight excluding hydrogens is 372 g/mol. The molecule has 0 unspecified atom stereocenters. The molecule has 0 radical (unpaired) electrons. The zero-order valence-electron chi connectivity index (χ0n) is 13.1. The van der Waals surface area contributed by atoms with E-state index in [1.165, 1.54) is 30.3 Å². The highest BCUT2D eigenvalue weighted by atomic mass is 35.5. The molecule has 0 spiro atoms. The first kappa shape index (κ1) is 19.0. The number of carbonyl (C=O) groups excluding carboxylic acids is 2. The van der Waals surface area contributed by atoms with Gasteiger partial charge in [0, 0.05) is 7.05 Å². The topological polar surface area (TPSA) is 120 Å². The van der Waals surface area contributed by atoms with Gasteiger partial charge >= 0.3 is 5.97 Å². The van der Waals surface area contributed by atoms with Crippen LogP contribution < -0.4 is 5.14 Å². The van der Waals surface area contributed by atoms with Gasteiger partial charge in [0.05, 0.1) is 23.4 Å². The summed E-state index contributed by atoms with van der Waals surface area (Å²) in [7, 11) is -2.56. The third-order valence-electron chi connectivity index (χ3n) is 3.20. The average Bonchev–Trinajstić information content (AvgIpc) is 3.04. The summed E-state index contributed by atoms with van der Waals surface area (Å²) in [6.45, 7) is -0.288. The molecule has 1 heterocycles. The molecule has 0 saturated carbocycles. The lowest BCUT2D eigenvalue weighted by Gasteiger charge is -2.15. The number of hydrogen-bond acceptors (Lipinski definition) is 6. The van der Waals surface area contributed by atoms with Crippen molar-refractivity contribution in [1.29, 1.82) is 0 Å². The summed E-state index contributed by atoms with van der Waals surface area (Å²) in [5, 5.41) is 4.90. The summed E-state index contributed by atoms with van der Waals surface area (Å²) >= 11 is 5.74. The summed E-state index contributed by atoms with van der Waals surface area (Å²) in [6, 6.07) is 6.88. The first-order valence-electron chi connectivity index (χ1n) is 6.94. The Balaban J connectivity index is 1.99. The highest BCUT2D eigenvalue weighted by molar-refractivity contribution is 7.89. The molecule has 0 saturated heterocycles. The number of halogens is 1. The van der Waals surface area contributed by atoms with Crippen molar-refractivity contribution < 1.29 is 27.2 Å². The summed E-state index contributed by atoms with van der Waals surface area (Å²) in [5.74, 6) is -0.746. The second-order valence-electron chi connectivity index (χ2n) is 5.10. The molecule has 0 atom stereocenters. The fraction of sp³-hybridized carbons (Fsp3) is 0.200. The minimum absolute atomic E-state index is 0.0880. The first-order valence-corrected chi connectivity index (χ1v) is 8.86. The summed E-state index contributed by atoms with van der Waals surface area (Å²) in [4.78, 5) is 24.9. The number of furan rings is 1. The number of benzene rings is 1. The SMILES string of the molecule is CN(Cc1ccco1)C(=O)COC(=O)c1ccc(Cl)c(S(N)(=O)=O)c1. The zero-order chi connectivity index (χ0) is 18.6. The van der Waals surface area contributed by atoms with Crippen LogP contribution in [0.15, 0.2) is 45.9 Å². The van der Waals surface area contributed by atoms with Gasteiger partial charge in [-0.2, -0.15) is 0 Å². The van der Waals surface area contributed by atoms with Crippen LogP contribution >= 0.6 is 11.6 Å². The predicted octanol–water partition coefficient (Wildman–Crippen LogP) is 1.40. The van der Waals surface area contributed by atoms with Gasteiger partial charge in [0.1, 0.15) is 10.7 Å². The Labute approximate surface area is 149 Å². The lowest BCUT2D eigenvalue weighted by Crippen LogP contribution is -2.30. The molecular formula is C15H15ClN2O6S. The van der Waals surface area contributed by atoms with E-state index in [9.17, 15) is 18.0 Å². The van der Waals surface area contributed by atoms with E-state index in [0.717, 1.165) is 6.07 Å². The van der Waals surface area contributed by atoms with E-state index < -0.39 is 33.4 Å². The number of amides is 1. The van der Waals surface area contributed by atoms with Crippen LogP contribution in [-0.4, -0.2) is 38.8 Å². The van der Waals surface area contributed by atoms with Gasteiger partial charge in [-0.3, -0.25) is 4.79 Å². The van der Waals surface area contributed by atoms with Gasteiger partial charge < -0.3 is 14.1 Å². The maximum atomic E-state index is 12.0. The van der Waals surface area contributed by atoms with Gasteiger partial charge in [-0.1, -0.05) is 11.6 Å². The molecule has 2 aromatic rings. The quantitative estimate of drug-likeness (QED) is 0.749. The molecule has 0 bridgehead atoms. The number of rotatable bonds is 6. The number of primary sulfonamides is 1. The number of nitrogens with zero attached hydrogens (tertiary/aromatic N) is 1. The summed E-state index contributed by atoms with van der Waals surface area (Å²) < 4.78 is 32.8. The Morgan fingerprint density at radius 3 is 2.64 bits per heavy atom. The van der Waals surface area contributed by atoms with E-state index in [1.807, 2.05) is 0 Å². The third-order valence-corrected chi connectivity index (χ3v) is 4.59. The van der Waals surface area contributed by atoms with Crippen LogP contribution in [0.4, 0.5) is 0 Å². The molecule has 0 aliphatic heterocycles. The van der Waals surface area contributed by atoms with E-state index in [4.69, 9.17) is 25.9 Å². The van der Waals surface area contributed by atoms with Crippen molar-refractivity contribution in [2.75, 3.05) is 13.7 Å². The summed E-state index contributed by atoms with van der Waals surface area (Å²) in [6.07, 6.45) is 1.48. The molecule has 0 aliphatic carbocycles. The molecule has 1 aromatic carbocycles. The third kappa shape index (κ3) is 5.05. The maximum Gasteiger partial charge on any atom is 0.338 e. The van der Waals surface area contributed by atoms with Crippen molar-refractivity contribution >= 4 is 33.5 Å². The molecule has 2 N–H and O–H groups in total. The van der Waals surface area contributed by atoms with Crippen LogP contribution in [0, 0.1) is 0 Å². The fourth-order valence-corrected chi connectivity index (χ4v) is 2.96. The van der Waals surface area contributed by atoms with E-state index in [-0.39, 0.29) is 17.1 Å². The van der Waals surface area contributed by atoms with Crippen LogP contribution in [0.3, 0.4) is 0 Å². The van der Waals surface area contributed by atoms with Crippen LogP contribution in [0.25, 0.3) is 0 Å². The number of sulfonamides is 1. The molecule has 1 aromatic heterocycles. The van der Waals surface area contributed by atoms with Crippen molar-refractivity contribution in [2.45, 2.75) is 11.4 Å². The van der Waals surface area contributed by atoms with Gasteiger partial charge in [-0.05, 0) is 30.3 Å². The second-order valence-corrected chi connectivity index (χ2v) is 7.03. The monoisotopic (exact) mass is 386 g/mol. The largest absolute Gasteiger partial charge is 0.467 e. The molecule has 8 nitrogen and oxygen atoms in total. The van der Waals surface area contributed by atoms with Crippen molar-refractivity contribution in [3.05, 3.63) is 52.9 Å². The van der Waals surface area contributed by atoms with Crippen molar-refractivity contribution in [3.8, 4) is 0 Å². The van der Waals surface area contributed by atoms with Gasteiger partial charge in [0.2, 0.25) is 10.0 Å². The van der Waals surface area contributed by atoms with Crippen LogP contribution in [0.5, 0.6) is 0 Å². The number of ether oxygens (including phenoxy) is 1. The van der Waals surface area contributed by atoms with Crippen molar-refractivity contribution in [1.82, 2.24) is 4.90 Å². The Morgan fingerprint density at radius 1 is 1.32 bits per heavy atom. The number of hydrogen-bond donors (Lipinski definition) is 1. The highest BCUT2D eigenvalue weighted by Gasteiger charge is 2.19. The van der Waals surface area contributed by atoms with E-state index in [1.54, 1.807) is 12.1 Å². The molecule has 25 heavy (non-hydrogen) atoms. The van der Waals surface area contributed by atoms with Gasteiger partial charge in [0.25, 0.3) is 5.91 Å². The molecule has 2 rings (SSSR count). The van der Waals surface area contributed by atoms with E-state index >= 15 is 0 Å². The number of carbonyl (C=O) groups is 2. The first-order chi connectivity index (χ1) is 11.7. The standard InChI is InChI=1S/C15H15ClN2O6S/c1-18(8-11-3-2-6-23-11)14(19)9-24-15(20)10-4-5-12(16)13(7-10)25(17,21)22/h2-7H,8-9H2,1H3,(H2,17,21,22). The number of nitrogens with two attached hydrogens (primary N) is 1. The zero-order valence-corrected chi connectivity index (χ0v) is 14.7. The number of likely N-dealkylation sites (N-methyl/N-ethyl adjacent to an activating group) is 1. The van der Waals surface area contributed by atoms with Crippen molar-refractivity contribution in [3.63, 3.8) is 0 Å². The Bertz CT molecular complexity index is 879. The lowest BCUT2D eigenvalue weighted by atomic mass is 10.2.